The van der Waals surface area contributed by atoms with Crippen LogP contribution in [0.15, 0.2) is 229 Å². The third-order valence-corrected chi connectivity index (χ3v) is 15.4. The van der Waals surface area contributed by atoms with Gasteiger partial charge in [0.15, 0.2) is 7.28 Å². The van der Waals surface area contributed by atoms with Gasteiger partial charge in [-0.25, -0.2) is 0 Å². The minimum absolute atomic E-state index is 0.201. The Hall–Kier alpha value is -8.54. The van der Waals surface area contributed by atoms with Crippen LogP contribution in [0.1, 0.15) is 56.7 Å². The number of hydrogen-bond acceptors (Lipinski definition) is 4. The lowest BCUT2D eigenvalue weighted by Gasteiger charge is -2.46. The van der Waals surface area contributed by atoms with Gasteiger partial charge < -0.3 is 19.5 Å². The summed E-state index contributed by atoms with van der Waals surface area (Å²) < 4.78 is 6.80. The van der Waals surface area contributed by atoms with Crippen LogP contribution in [0.2, 0.25) is 0 Å². The summed E-state index contributed by atoms with van der Waals surface area (Å²) in [5.41, 5.74) is 24.0. The van der Waals surface area contributed by atoms with Crippen LogP contribution in [0.25, 0.3) is 55.3 Å². The molecule has 2 aliphatic rings. The molecule has 0 saturated carbocycles. The Morgan fingerprint density at radius 3 is 1.88 bits per heavy atom. The van der Waals surface area contributed by atoms with Crippen molar-refractivity contribution in [3.05, 3.63) is 241 Å². The minimum Gasteiger partial charge on any atom is -0.456 e. The van der Waals surface area contributed by atoms with Gasteiger partial charge >= 0.3 is 0 Å². The number of hydrogen-bond donors (Lipinski definition) is 1. The lowest BCUT2D eigenvalue weighted by Crippen LogP contribution is -2.45. The molecular formula is C68H56BN3O. The Balaban J connectivity index is 1.10. The molecular weight excluding hydrogens is 886 g/mol. The monoisotopic (exact) mass is 941 g/mol. The Morgan fingerprint density at radius 2 is 1.15 bits per heavy atom. The van der Waals surface area contributed by atoms with Crippen LogP contribution in [0.4, 0.5) is 45.5 Å². The predicted octanol–water partition coefficient (Wildman–Crippen LogP) is 17.3. The number of aryl methyl sites for hydroxylation is 1. The zero-order valence-electron chi connectivity index (χ0n) is 41.7. The second kappa shape index (κ2) is 18.3. The zero-order valence-corrected chi connectivity index (χ0v) is 41.7. The number of benzene rings is 10. The van der Waals surface area contributed by atoms with E-state index in [1.54, 1.807) is 0 Å². The van der Waals surface area contributed by atoms with Gasteiger partial charge in [0, 0.05) is 61.6 Å². The first-order valence-corrected chi connectivity index (χ1v) is 26.0. The maximum Gasteiger partial charge on any atom is 0.198 e. The van der Waals surface area contributed by atoms with E-state index in [0.29, 0.717) is 0 Å². The van der Waals surface area contributed by atoms with Crippen molar-refractivity contribution in [2.45, 2.75) is 51.9 Å². The van der Waals surface area contributed by atoms with Crippen LogP contribution >= 0.6 is 0 Å². The van der Waals surface area contributed by atoms with Crippen LogP contribution in [-0.4, -0.2) is 7.28 Å². The summed E-state index contributed by atoms with van der Waals surface area (Å²) >= 11 is 0. The molecule has 0 unspecified atom stereocenters. The van der Waals surface area contributed by atoms with E-state index in [1.165, 1.54) is 75.1 Å². The molecule has 352 valence electrons. The molecule has 0 saturated heterocycles. The molecule has 13 rings (SSSR count). The normalized spacial score (nSPS) is 13.0. The summed E-state index contributed by atoms with van der Waals surface area (Å²) in [5.74, 6) is 0. The SMILES string of the molecule is CCCCCc1ccc(Nc2cc3c(cc2-c2cc(N(c4cccc(-c5ccccc5)c4)c4cccc(-c5ccccc5)c4)cc4c2Bc2cccc5c2N4c2ccccc2C5(C)C)oc2ccccc23)cc1. The predicted molar refractivity (Wildman–Crippen MR) is 311 cm³/mol. The number of nitrogens with one attached hydrogen (secondary N) is 1. The van der Waals surface area contributed by atoms with Crippen molar-refractivity contribution >= 4 is 85.6 Å². The summed E-state index contributed by atoms with van der Waals surface area (Å²) in [4.78, 5) is 5.05. The van der Waals surface area contributed by atoms with Gasteiger partial charge in [-0.1, -0.05) is 191 Å². The van der Waals surface area contributed by atoms with Crippen molar-refractivity contribution < 1.29 is 4.42 Å². The number of unbranched alkanes of at least 4 members (excludes halogenated alkanes) is 2. The van der Waals surface area contributed by atoms with Gasteiger partial charge in [0.25, 0.3) is 0 Å². The third-order valence-electron chi connectivity index (χ3n) is 15.4. The molecule has 2 aliphatic heterocycles. The maximum atomic E-state index is 6.80. The first-order chi connectivity index (χ1) is 35.9. The summed E-state index contributed by atoms with van der Waals surface area (Å²) in [6, 6.07) is 82.5. The average Bonchev–Trinajstić information content (AvgIpc) is 3.80. The fourth-order valence-corrected chi connectivity index (χ4v) is 11.7. The Kier molecular flexibility index (Phi) is 11.1. The first-order valence-electron chi connectivity index (χ1n) is 26.0. The van der Waals surface area contributed by atoms with E-state index in [0.717, 1.165) is 86.3 Å². The van der Waals surface area contributed by atoms with Crippen LogP contribution in [-0.2, 0) is 11.8 Å². The van der Waals surface area contributed by atoms with E-state index in [2.05, 4.69) is 260 Å². The molecule has 1 aromatic heterocycles. The second-order valence-electron chi connectivity index (χ2n) is 20.4. The third kappa shape index (κ3) is 7.88. The topological polar surface area (TPSA) is 31.6 Å². The molecule has 11 aromatic rings. The number of fused-ring (bicyclic) bond motifs is 7. The number of nitrogens with zero attached hydrogens (tertiary/aromatic N) is 2. The standard InChI is InChI=1S/C68H56BN3O/c1-4-5-8-20-45-35-37-50(38-36-45)70-61-43-56-54-29-13-16-34-64(54)73-65(56)44-55(61)57-41-53(42-63-66(57)69-60-32-19-31-59-67(60)72(63)62-33-15-14-30-58(62)68(59,2)3)71(51-27-17-25-48(39-51)46-21-9-6-10-22-46)52-28-18-26-49(40-52)47-23-11-7-12-24-47/h6-7,9-19,21-44,69-70H,4-5,8,20H2,1-3H3. The van der Waals surface area contributed by atoms with E-state index in [9.17, 15) is 0 Å². The fourth-order valence-electron chi connectivity index (χ4n) is 11.7. The van der Waals surface area contributed by atoms with Gasteiger partial charge in [-0.2, -0.15) is 0 Å². The molecule has 0 fully saturated rings. The highest BCUT2D eigenvalue weighted by atomic mass is 16.3. The van der Waals surface area contributed by atoms with Gasteiger partial charge in [-0.15, -0.1) is 0 Å². The lowest BCUT2D eigenvalue weighted by atomic mass is 9.56. The van der Waals surface area contributed by atoms with E-state index >= 15 is 0 Å². The van der Waals surface area contributed by atoms with Crippen LogP contribution < -0.4 is 26.0 Å². The number of rotatable bonds is 12. The Bertz CT molecular complexity index is 3770. The van der Waals surface area contributed by atoms with Crippen molar-refractivity contribution in [1.29, 1.82) is 0 Å². The second-order valence-corrected chi connectivity index (χ2v) is 20.4. The zero-order chi connectivity index (χ0) is 49.0. The van der Waals surface area contributed by atoms with Crippen LogP contribution in [0.5, 0.6) is 0 Å². The number of anilines is 8. The van der Waals surface area contributed by atoms with Gasteiger partial charge in [0.05, 0.1) is 5.69 Å². The molecule has 73 heavy (non-hydrogen) atoms. The first kappa shape index (κ1) is 44.4. The quantitative estimate of drug-likeness (QED) is 0.0977. The van der Waals surface area contributed by atoms with Crippen molar-refractivity contribution in [1.82, 2.24) is 0 Å². The molecule has 0 amide bonds. The maximum absolute atomic E-state index is 6.80. The van der Waals surface area contributed by atoms with Gasteiger partial charge in [-0.05, 0) is 136 Å². The van der Waals surface area contributed by atoms with Crippen molar-refractivity contribution in [2.75, 3.05) is 15.1 Å². The molecule has 4 nitrogen and oxygen atoms in total. The largest absolute Gasteiger partial charge is 0.456 e. The molecule has 3 heterocycles. The summed E-state index contributed by atoms with van der Waals surface area (Å²) in [6.45, 7) is 7.04. The summed E-state index contributed by atoms with van der Waals surface area (Å²) in [5, 5.41) is 6.19. The number of furan rings is 1. The van der Waals surface area contributed by atoms with Crippen LogP contribution in [0, 0.1) is 0 Å². The Morgan fingerprint density at radius 1 is 0.507 bits per heavy atom. The molecule has 0 aliphatic carbocycles. The molecule has 0 atom stereocenters. The van der Waals surface area contributed by atoms with Gasteiger partial charge in [0.2, 0.25) is 0 Å². The summed E-state index contributed by atoms with van der Waals surface area (Å²) in [6.07, 6.45) is 4.74. The minimum atomic E-state index is -0.201. The highest BCUT2D eigenvalue weighted by molar-refractivity contribution is 6.73. The van der Waals surface area contributed by atoms with Crippen molar-refractivity contribution in [3.63, 3.8) is 0 Å². The summed E-state index contributed by atoms with van der Waals surface area (Å²) in [7, 11) is 0.764. The van der Waals surface area contributed by atoms with E-state index in [-0.39, 0.29) is 5.41 Å². The fraction of sp³-hybridized carbons (Fsp3) is 0.118. The highest BCUT2D eigenvalue weighted by Crippen LogP contribution is 2.54. The van der Waals surface area contributed by atoms with Gasteiger partial charge in [0.1, 0.15) is 11.2 Å². The molecule has 0 spiro atoms. The van der Waals surface area contributed by atoms with E-state index < -0.39 is 0 Å². The van der Waals surface area contributed by atoms with Crippen LogP contribution in [0.3, 0.4) is 0 Å². The molecule has 1 N–H and O–H groups in total. The van der Waals surface area contributed by atoms with E-state index in [1.807, 2.05) is 0 Å². The van der Waals surface area contributed by atoms with E-state index in [4.69, 9.17) is 4.42 Å². The van der Waals surface area contributed by atoms with Crippen molar-refractivity contribution in [3.8, 4) is 33.4 Å². The molecule has 0 bridgehead atoms. The highest BCUT2D eigenvalue weighted by Gasteiger charge is 2.41. The molecule has 5 heteroatoms. The Labute approximate surface area is 429 Å². The van der Waals surface area contributed by atoms with Gasteiger partial charge in [-0.3, -0.25) is 0 Å². The number of para-hydroxylation sites is 3. The smallest absolute Gasteiger partial charge is 0.198 e. The van der Waals surface area contributed by atoms with Crippen molar-refractivity contribution in [2.24, 2.45) is 0 Å². The lowest BCUT2D eigenvalue weighted by molar-refractivity contribution is 0.632. The molecule has 0 radical (unpaired) electrons. The average molecular weight is 942 g/mol. The molecule has 10 aromatic carbocycles.